The second kappa shape index (κ2) is 18.9. The molecule has 4 saturated carbocycles. The smallest absolute Gasteiger partial charge is 0.0572 e. The minimum Gasteiger partial charge on any atom is -0.380 e. The minimum atomic E-state index is 0.0525. The van der Waals surface area contributed by atoms with E-state index in [1.807, 2.05) is 0 Å². The number of rotatable bonds is 4. The van der Waals surface area contributed by atoms with Crippen LogP contribution in [0.4, 0.5) is 0 Å². The van der Waals surface area contributed by atoms with Crippen molar-refractivity contribution < 1.29 is 0 Å². The van der Waals surface area contributed by atoms with Crippen LogP contribution in [-0.2, 0) is 0 Å². The zero-order chi connectivity index (χ0) is 52.4. The maximum atomic E-state index is 4.68. The fourth-order valence-electron chi connectivity index (χ4n) is 18.0. The van der Waals surface area contributed by atoms with Crippen LogP contribution in [-0.4, -0.2) is 22.1 Å². The van der Waals surface area contributed by atoms with Crippen molar-refractivity contribution in [3.05, 3.63) is 250 Å². The van der Waals surface area contributed by atoms with E-state index in [9.17, 15) is 0 Å². The second-order valence-electron chi connectivity index (χ2n) is 25.4. The summed E-state index contributed by atoms with van der Waals surface area (Å²) in [7, 11) is 0. The monoisotopic (exact) mass is 1040 g/mol. The first-order valence-corrected chi connectivity index (χ1v) is 30.7. The Bertz CT molecular complexity index is 3990. The Morgan fingerprint density at radius 1 is 0.312 bits per heavy atom. The molecule has 7 aliphatic rings. The van der Waals surface area contributed by atoms with E-state index in [0.29, 0.717) is 23.7 Å². The predicted octanol–water partition coefficient (Wildman–Crippen LogP) is 16.2. The normalized spacial score (nSPS) is 27.2. The maximum Gasteiger partial charge on any atom is 0.0572 e. The average Bonchev–Trinajstić information content (AvgIpc) is 4.35. The Balaban J connectivity index is 1.09. The molecule has 4 nitrogen and oxygen atoms in total. The first-order chi connectivity index (χ1) is 39.7. The van der Waals surface area contributed by atoms with E-state index < -0.39 is 0 Å². The van der Waals surface area contributed by atoms with Crippen molar-refractivity contribution in [3.8, 4) is 0 Å². The summed E-state index contributed by atoms with van der Waals surface area (Å²) in [6, 6.07) is 74.7. The molecule has 0 radical (unpaired) electrons. The van der Waals surface area contributed by atoms with Crippen molar-refractivity contribution in [1.82, 2.24) is 20.6 Å². The van der Waals surface area contributed by atoms with E-state index in [1.165, 1.54) is 198 Å². The lowest BCUT2D eigenvalue weighted by Gasteiger charge is -2.43. The number of aromatic amines is 2. The molecule has 4 heterocycles. The zero-order valence-electron chi connectivity index (χ0n) is 45.7. The van der Waals surface area contributed by atoms with Gasteiger partial charge in [0.05, 0.1) is 34.2 Å². The summed E-state index contributed by atoms with van der Waals surface area (Å²) in [5, 5.41) is 22.3. The van der Waals surface area contributed by atoms with Crippen LogP contribution in [0.3, 0.4) is 0 Å². The summed E-state index contributed by atoms with van der Waals surface area (Å²) in [6.45, 7) is 0. The Kier molecular flexibility index (Phi) is 11.1. The standard InChI is InChI=1S/C76H70N4/c1-5-21-45(22-6-1)65-69-57-37-49-29-13-15-31-51(49)39-59(57)71(77-69)66(46-23-7-2-8-24-46)73-61-41-53-33-17-19-35-55(53)43-63(61)75(79-73)68(48-27-11-4-12-28-48)76-64-44-56-36-20-18-34-54(56)42-62(64)74(80-76)67(47-25-9-3-10-26-47)72-60-40-52-32-16-14-30-50(52)38-58(60)70(65)78-72/h1-13,15,18,20-29,31,34,36-37,39,42,44,50,52-53,55,58,60-61,63,70,73,77-80H,14,16-17,19,30,32-33,35,38,40-41,43H2. The summed E-state index contributed by atoms with van der Waals surface area (Å²) in [5.74, 6) is 4.38. The topological polar surface area (TPSA) is 55.6 Å². The zero-order valence-corrected chi connectivity index (χ0v) is 45.7. The maximum absolute atomic E-state index is 4.68. The lowest BCUT2D eigenvalue weighted by molar-refractivity contribution is 0.104. The van der Waals surface area contributed by atoms with E-state index in [0.717, 1.165) is 23.7 Å². The van der Waals surface area contributed by atoms with Crippen molar-refractivity contribution in [3.63, 3.8) is 0 Å². The molecule has 5 aliphatic carbocycles. The first kappa shape index (κ1) is 47.0. The van der Waals surface area contributed by atoms with E-state index in [1.54, 1.807) is 0 Å². The number of fused-ring (bicyclic) bond motifs is 4. The molecule has 0 spiro atoms. The average molecular weight is 1040 g/mol. The number of aromatic nitrogens is 2. The van der Waals surface area contributed by atoms with Crippen molar-refractivity contribution in [2.24, 2.45) is 47.3 Å². The van der Waals surface area contributed by atoms with Crippen LogP contribution in [0.1, 0.15) is 111 Å². The van der Waals surface area contributed by atoms with Gasteiger partial charge in [0.25, 0.3) is 0 Å². The van der Waals surface area contributed by atoms with Crippen LogP contribution in [0.25, 0.3) is 65.4 Å². The van der Waals surface area contributed by atoms with Crippen LogP contribution >= 0.6 is 0 Å². The molecule has 8 bridgehead atoms. The lowest BCUT2D eigenvalue weighted by atomic mass is 9.61. The fourth-order valence-corrected chi connectivity index (χ4v) is 18.0. The van der Waals surface area contributed by atoms with Crippen LogP contribution in [0.5, 0.6) is 0 Å². The number of benzene rings is 8. The largest absolute Gasteiger partial charge is 0.380 e. The molecule has 394 valence electrons. The molecule has 80 heavy (non-hydrogen) atoms. The number of hydrogen-bond donors (Lipinski definition) is 4. The van der Waals surface area contributed by atoms with E-state index in [2.05, 4.69) is 215 Å². The van der Waals surface area contributed by atoms with Gasteiger partial charge in [-0.2, -0.15) is 0 Å². The van der Waals surface area contributed by atoms with Gasteiger partial charge in [-0.05, 0) is 129 Å². The molecule has 0 amide bonds. The van der Waals surface area contributed by atoms with Gasteiger partial charge in [0.2, 0.25) is 0 Å². The van der Waals surface area contributed by atoms with Gasteiger partial charge in [-0.15, -0.1) is 0 Å². The summed E-state index contributed by atoms with van der Waals surface area (Å²) >= 11 is 0. The number of allylic oxidation sites excluding steroid dienone is 2. The third-order valence-electron chi connectivity index (χ3n) is 21.5. The highest BCUT2D eigenvalue weighted by molar-refractivity contribution is 6.11. The molecule has 10 aromatic rings. The predicted molar refractivity (Wildman–Crippen MR) is 331 cm³/mol. The van der Waals surface area contributed by atoms with Gasteiger partial charge in [-0.1, -0.05) is 221 Å². The van der Waals surface area contributed by atoms with Gasteiger partial charge in [0, 0.05) is 67.1 Å². The SMILES string of the molecule is c1ccc(C2=C3NC(C(c4ccccc4)=c4[nH]c(c5cc6ccccc6cc45)=C(c4ccccc4)C4NC(=C(c5ccccc5)c5[nH]c2c2cc6ccccc6cc52)C2CC5CCCCC5CC24)C2CC4CCCCC4CC32)cc1. The third-order valence-corrected chi connectivity index (χ3v) is 21.5. The molecular weight excluding hydrogens is 969 g/mol. The van der Waals surface area contributed by atoms with Crippen LogP contribution in [0, 0.1) is 47.3 Å². The highest BCUT2D eigenvalue weighted by Crippen LogP contribution is 2.57. The minimum absolute atomic E-state index is 0.0525. The molecule has 10 atom stereocenters. The lowest BCUT2D eigenvalue weighted by Crippen LogP contribution is -2.39. The third kappa shape index (κ3) is 7.46. The number of H-pyrrole nitrogens is 2. The summed E-state index contributed by atoms with van der Waals surface area (Å²) in [5.41, 5.74) is 15.9. The van der Waals surface area contributed by atoms with Crippen molar-refractivity contribution in [2.45, 2.75) is 89.1 Å². The second-order valence-corrected chi connectivity index (χ2v) is 25.4. The van der Waals surface area contributed by atoms with Crippen molar-refractivity contribution in [2.75, 3.05) is 0 Å². The molecule has 4 N–H and O–H groups in total. The van der Waals surface area contributed by atoms with Gasteiger partial charge in [-0.3, -0.25) is 0 Å². The molecule has 17 rings (SSSR count). The van der Waals surface area contributed by atoms with Gasteiger partial charge < -0.3 is 20.6 Å². The van der Waals surface area contributed by atoms with Crippen LogP contribution in [0.15, 0.2) is 206 Å². The molecule has 10 unspecified atom stereocenters. The van der Waals surface area contributed by atoms with Crippen LogP contribution < -0.4 is 21.3 Å². The Morgan fingerprint density at radius 2 is 0.637 bits per heavy atom. The van der Waals surface area contributed by atoms with Crippen molar-refractivity contribution >= 4 is 65.4 Å². The highest BCUT2D eigenvalue weighted by atomic mass is 15.0. The summed E-state index contributed by atoms with van der Waals surface area (Å²) in [6.07, 6.45) is 15.6. The molecule has 2 aliphatic heterocycles. The van der Waals surface area contributed by atoms with Gasteiger partial charge in [0.1, 0.15) is 0 Å². The summed E-state index contributed by atoms with van der Waals surface area (Å²) in [4.78, 5) is 9.08. The Morgan fingerprint density at radius 3 is 1.01 bits per heavy atom. The molecule has 4 heteroatoms. The van der Waals surface area contributed by atoms with Gasteiger partial charge >= 0.3 is 0 Å². The quantitative estimate of drug-likeness (QED) is 0.142. The molecule has 6 fully saturated rings. The molecular formula is C76H70N4. The van der Waals surface area contributed by atoms with Gasteiger partial charge in [-0.25, -0.2) is 0 Å². The van der Waals surface area contributed by atoms with E-state index >= 15 is 0 Å². The Hall–Kier alpha value is -7.82. The molecule has 2 aromatic heterocycles. The highest BCUT2D eigenvalue weighted by Gasteiger charge is 2.52. The van der Waals surface area contributed by atoms with Crippen LogP contribution in [0.2, 0.25) is 0 Å². The number of nitrogens with one attached hydrogen (secondary N) is 4. The van der Waals surface area contributed by atoms with Crippen molar-refractivity contribution in [1.29, 1.82) is 0 Å². The van der Waals surface area contributed by atoms with Gasteiger partial charge in [0.15, 0.2) is 0 Å². The fraction of sp³-hybridized carbons (Fsp3) is 0.289. The summed E-state index contributed by atoms with van der Waals surface area (Å²) < 4.78 is 0. The number of hydrogen-bond acceptors (Lipinski definition) is 2. The molecule has 2 saturated heterocycles. The van der Waals surface area contributed by atoms with E-state index in [4.69, 9.17) is 0 Å². The van der Waals surface area contributed by atoms with E-state index in [-0.39, 0.29) is 12.1 Å². The molecule has 8 aromatic carbocycles. The first-order valence-electron chi connectivity index (χ1n) is 30.7. The Labute approximate surface area is 469 Å².